The molecule has 1 rings (SSSR count). The summed E-state index contributed by atoms with van der Waals surface area (Å²) in [7, 11) is 0. The Morgan fingerprint density at radius 1 is 1.60 bits per heavy atom. The summed E-state index contributed by atoms with van der Waals surface area (Å²) in [6.07, 6.45) is 1.88. The van der Waals surface area contributed by atoms with Gasteiger partial charge in [-0.25, -0.2) is 0 Å². The Labute approximate surface area is 41.3 Å². The van der Waals surface area contributed by atoms with Crippen LogP contribution in [0.25, 0.3) is 0 Å². The van der Waals surface area contributed by atoms with Crippen LogP contribution in [0.3, 0.4) is 0 Å². The van der Waals surface area contributed by atoms with E-state index in [2.05, 4.69) is 9.01 Å². The van der Waals surface area contributed by atoms with Gasteiger partial charge in [0.2, 0.25) is 0 Å². The third kappa shape index (κ3) is 0.768. The van der Waals surface area contributed by atoms with Gasteiger partial charge in [-0.05, 0) is 0 Å². The predicted molar refractivity (Wildman–Crippen MR) is 24.8 cm³/mol. The SMILES string of the molecule is C1=[CH][SbH][CH]=N1. The Balaban J connectivity index is 2.61. The van der Waals surface area contributed by atoms with Crippen LogP contribution in [0.4, 0.5) is 0 Å². The van der Waals surface area contributed by atoms with Crippen LogP contribution in [-0.2, 0) is 0 Å². The fraction of sp³-hybridized carbons (Fsp3) is 0. The average molecular weight is 176 g/mol. The standard InChI is InChI=1S/C3H3N.Sb.H/c1-3-4-2;;/h1-3H;;. The van der Waals surface area contributed by atoms with Crippen molar-refractivity contribution in [2.24, 2.45) is 4.99 Å². The van der Waals surface area contributed by atoms with E-state index < -0.39 is 0 Å². The van der Waals surface area contributed by atoms with Crippen molar-refractivity contribution in [3.8, 4) is 0 Å². The Hall–Kier alpha value is 0.228. The third-order valence-corrected chi connectivity index (χ3v) is 2.23. The van der Waals surface area contributed by atoms with Gasteiger partial charge in [0.15, 0.2) is 0 Å². The second-order valence-electron chi connectivity index (χ2n) is 0.761. The zero-order valence-corrected chi connectivity index (χ0v) is 5.53. The first-order chi connectivity index (χ1) is 2.50. The number of nitrogens with zero attached hydrogens (tertiary/aromatic N) is 1. The summed E-state index contributed by atoms with van der Waals surface area (Å²) in [5.74, 6) is 0. The summed E-state index contributed by atoms with van der Waals surface area (Å²) >= 11 is -0.143. The molecule has 0 amide bonds. The molecule has 0 bridgehead atoms. The topological polar surface area (TPSA) is 12.4 Å². The molecule has 1 heterocycles. The van der Waals surface area contributed by atoms with Crippen molar-refractivity contribution in [1.82, 2.24) is 0 Å². The molecule has 2 heteroatoms. The first-order valence-corrected chi connectivity index (χ1v) is 4.72. The molecule has 1 aliphatic rings. The maximum atomic E-state index is 3.85. The second-order valence-corrected chi connectivity index (χ2v) is 3.40. The van der Waals surface area contributed by atoms with Gasteiger partial charge in [-0.15, -0.1) is 0 Å². The number of hydrogen-bond donors (Lipinski definition) is 0. The van der Waals surface area contributed by atoms with Gasteiger partial charge < -0.3 is 0 Å². The normalized spacial score (nSPS) is 17.6. The molecule has 0 saturated heterocycles. The molecule has 0 unspecified atom stereocenters. The molecule has 0 atom stereocenters. The van der Waals surface area contributed by atoms with Gasteiger partial charge in [0.25, 0.3) is 0 Å². The summed E-state index contributed by atoms with van der Waals surface area (Å²) in [4.78, 5) is 3.85. The van der Waals surface area contributed by atoms with Crippen molar-refractivity contribution < 1.29 is 0 Å². The van der Waals surface area contributed by atoms with Gasteiger partial charge in [0.1, 0.15) is 0 Å². The van der Waals surface area contributed by atoms with E-state index in [-0.39, 0.29) is 21.6 Å². The van der Waals surface area contributed by atoms with Gasteiger partial charge in [0.05, 0.1) is 0 Å². The minimum absolute atomic E-state index is 0.143. The van der Waals surface area contributed by atoms with Crippen LogP contribution in [0.15, 0.2) is 15.2 Å². The zero-order chi connectivity index (χ0) is 3.54. The Kier molecular flexibility index (Phi) is 1.10. The molecule has 1 nitrogen and oxygen atoms in total. The van der Waals surface area contributed by atoms with Crippen molar-refractivity contribution in [3.05, 3.63) is 10.2 Å². The molecule has 0 N–H and O–H groups in total. The van der Waals surface area contributed by atoms with Crippen LogP contribution in [0.5, 0.6) is 0 Å². The van der Waals surface area contributed by atoms with E-state index >= 15 is 0 Å². The molecule has 0 aliphatic carbocycles. The van der Waals surface area contributed by atoms with Gasteiger partial charge in [-0.2, -0.15) is 0 Å². The van der Waals surface area contributed by atoms with E-state index in [1.54, 1.807) is 0 Å². The van der Waals surface area contributed by atoms with Crippen molar-refractivity contribution in [3.63, 3.8) is 0 Å². The number of aliphatic imine (C=N–C) groups is 1. The van der Waals surface area contributed by atoms with Gasteiger partial charge in [0, 0.05) is 0 Å². The quantitative estimate of drug-likeness (QED) is 0.458. The summed E-state index contributed by atoms with van der Waals surface area (Å²) in [5.41, 5.74) is 0. The molecule has 0 spiro atoms. The van der Waals surface area contributed by atoms with Crippen molar-refractivity contribution in [2.75, 3.05) is 0 Å². The molecule has 0 aromatic rings. The maximum absolute atomic E-state index is 3.85. The van der Waals surface area contributed by atoms with Crippen LogP contribution in [0.2, 0.25) is 0 Å². The molecular weight excluding hydrogens is 172 g/mol. The minimum atomic E-state index is -0.143. The van der Waals surface area contributed by atoms with Crippen molar-refractivity contribution >= 4 is 25.8 Å². The molecule has 0 aromatic heterocycles. The summed E-state index contributed by atoms with van der Waals surface area (Å²) in [6, 6.07) is 0. The molecule has 5 heavy (non-hydrogen) atoms. The summed E-state index contributed by atoms with van der Waals surface area (Å²) in [5, 5.41) is 0. The van der Waals surface area contributed by atoms with Crippen LogP contribution in [0.1, 0.15) is 0 Å². The van der Waals surface area contributed by atoms with E-state index in [0.717, 1.165) is 0 Å². The Morgan fingerprint density at radius 3 is 2.80 bits per heavy atom. The molecule has 26 valence electrons. The zero-order valence-electron chi connectivity index (χ0n) is 2.68. The van der Waals surface area contributed by atoms with E-state index in [9.17, 15) is 0 Å². The summed E-state index contributed by atoms with van der Waals surface area (Å²) in [6.45, 7) is 0. The number of rotatable bonds is 0. The van der Waals surface area contributed by atoms with E-state index in [1.807, 2.05) is 10.4 Å². The fourth-order valence-corrected chi connectivity index (χ4v) is 1.44. The fourth-order valence-electron chi connectivity index (χ4n) is 0.215. The molecule has 0 saturated carbocycles. The Bertz CT molecular complexity index is 65.0. The predicted octanol–water partition coefficient (Wildman–Crippen LogP) is -0.0640. The van der Waals surface area contributed by atoms with E-state index in [4.69, 9.17) is 0 Å². The van der Waals surface area contributed by atoms with Gasteiger partial charge in [-0.1, -0.05) is 0 Å². The molecule has 0 aromatic carbocycles. The first kappa shape index (κ1) is 3.42. The van der Waals surface area contributed by atoms with Gasteiger partial charge in [-0.3, -0.25) is 0 Å². The summed E-state index contributed by atoms with van der Waals surface area (Å²) < 4.78 is 4.23. The van der Waals surface area contributed by atoms with Crippen LogP contribution >= 0.6 is 0 Å². The van der Waals surface area contributed by atoms with Crippen LogP contribution in [0, 0.1) is 0 Å². The monoisotopic (exact) mass is 175 g/mol. The van der Waals surface area contributed by atoms with Gasteiger partial charge >= 0.3 is 41.0 Å². The molecule has 0 radical (unpaired) electrons. The Morgan fingerprint density at radius 2 is 2.60 bits per heavy atom. The second kappa shape index (κ2) is 1.61. The van der Waals surface area contributed by atoms with Crippen molar-refractivity contribution in [2.45, 2.75) is 0 Å². The molecule has 0 fully saturated rings. The first-order valence-electron chi connectivity index (χ1n) is 1.43. The third-order valence-electron chi connectivity index (χ3n) is 0.406. The molecule has 1 aliphatic heterocycles. The van der Waals surface area contributed by atoms with Crippen LogP contribution in [-0.4, -0.2) is 25.8 Å². The van der Waals surface area contributed by atoms with E-state index in [0.29, 0.717) is 0 Å². The van der Waals surface area contributed by atoms with Crippen LogP contribution < -0.4 is 0 Å². The average Bonchev–Trinajstić information content (AvgIpc) is 1.76. The van der Waals surface area contributed by atoms with Crippen molar-refractivity contribution in [1.29, 1.82) is 0 Å². The number of hydrogen-bond acceptors (Lipinski definition) is 1. The molecular formula is C3H4NSb. The van der Waals surface area contributed by atoms with E-state index in [1.165, 1.54) is 0 Å².